The van der Waals surface area contributed by atoms with E-state index in [-0.39, 0.29) is 23.7 Å². The highest BCUT2D eigenvalue weighted by Crippen LogP contribution is 2.29. The number of fused-ring (bicyclic) bond motifs is 1. The number of nitrogens with one attached hydrogen (secondary N) is 1. The fourth-order valence-corrected chi connectivity index (χ4v) is 4.25. The standard InChI is InChI=1S/C20H20FN5O2S/c1-11(27)5-13-9-26(10-13)19(28)17-18-16(3-4-29-18)24-20(25-17)23-12(2)14-6-15(21)8-22-7-14/h3-4,6-8,12-13H,5,9-10H2,1-2H3,(H,23,24,25)/t12-/m0/s1. The fraction of sp³-hybridized carbons (Fsp3) is 0.350. The summed E-state index contributed by atoms with van der Waals surface area (Å²) >= 11 is 1.42. The predicted octanol–water partition coefficient (Wildman–Crippen LogP) is 3.45. The molecule has 3 aromatic heterocycles. The zero-order chi connectivity index (χ0) is 20.5. The Kier molecular flexibility index (Phi) is 5.23. The molecule has 0 unspecified atom stereocenters. The number of thiophene rings is 1. The average Bonchev–Trinajstić information content (AvgIpc) is 3.11. The van der Waals surface area contributed by atoms with Gasteiger partial charge in [0.25, 0.3) is 5.91 Å². The van der Waals surface area contributed by atoms with Crippen molar-refractivity contribution in [3.63, 3.8) is 0 Å². The molecule has 9 heteroatoms. The van der Waals surface area contributed by atoms with Crippen LogP contribution in [0.3, 0.4) is 0 Å². The summed E-state index contributed by atoms with van der Waals surface area (Å²) in [5, 5.41) is 5.00. The Morgan fingerprint density at radius 3 is 2.86 bits per heavy atom. The number of hydrogen-bond acceptors (Lipinski definition) is 7. The van der Waals surface area contributed by atoms with E-state index in [9.17, 15) is 14.0 Å². The zero-order valence-corrected chi connectivity index (χ0v) is 16.9. The van der Waals surface area contributed by atoms with Crippen LogP contribution in [0.5, 0.6) is 0 Å². The first kappa shape index (κ1) is 19.4. The Balaban J connectivity index is 1.56. The number of anilines is 1. The van der Waals surface area contributed by atoms with Crippen molar-refractivity contribution < 1.29 is 14.0 Å². The molecule has 4 rings (SSSR count). The molecular weight excluding hydrogens is 393 g/mol. The molecule has 1 amide bonds. The summed E-state index contributed by atoms with van der Waals surface area (Å²) in [7, 11) is 0. The van der Waals surface area contributed by atoms with E-state index in [0.29, 0.717) is 42.2 Å². The van der Waals surface area contributed by atoms with Crippen LogP contribution in [0, 0.1) is 11.7 Å². The van der Waals surface area contributed by atoms with Crippen molar-refractivity contribution in [2.75, 3.05) is 18.4 Å². The molecule has 150 valence electrons. The van der Waals surface area contributed by atoms with Crippen molar-refractivity contribution in [2.45, 2.75) is 26.3 Å². The van der Waals surface area contributed by atoms with Crippen molar-refractivity contribution in [3.8, 4) is 0 Å². The first-order valence-corrected chi connectivity index (χ1v) is 10.2. The second kappa shape index (κ2) is 7.82. The van der Waals surface area contributed by atoms with E-state index < -0.39 is 5.82 Å². The predicted molar refractivity (Wildman–Crippen MR) is 108 cm³/mol. The van der Waals surface area contributed by atoms with Crippen molar-refractivity contribution in [3.05, 3.63) is 47.0 Å². The third-order valence-corrected chi connectivity index (χ3v) is 5.81. The minimum atomic E-state index is -0.417. The summed E-state index contributed by atoms with van der Waals surface area (Å²) in [5.74, 6) is 0.0750. The van der Waals surface area contributed by atoms with Crippen molar-refractivity contribution in [1.82, 2.24) is 19.9 Å². The summed E-state index contributed by atoms with van der Waals surface area (Å²) in [6, 6.07) is 2.95. The lowest BCUT2D eigenvalue weighted by atomic mass is 9.94. The van der Waals surface area contributed by atoms with E-state index >= 15 is 0 Å². The molecule has 0 aliphatic carbocycles. The monoisotopic (exact) mass is 413 g/mol. The molecule has 0 aromatic carbocycles. The molecule has 0 bridgehead atoms. The number of halogens is 1. The lowest BCUT2D eigenvalue weighted by Crippen LogP contribution is -2.50. The third kappa shape index (κ3) is 4.09. The number of carbonyl (C=O) groups excluding carboxylic acids is 2. The van der Waals surface area contributed by atoms with Gasteiger partial charge in [0.15, 0.2) is 5.69 Å². The molecule has 0 radical (unpaired) electrons. The SMILES string of the molecule is CC(=O)CC1CN(C(=O)c2nc(N[C@@H](C)c3cncc(F)c3)nc3ccsc23)C1. The van der Waals surface area contributed by atoms with E-state index in [1.54, 1.807) is 18.0 Å². The second-order valence-corrected chi connectivity index (χ2v) is 8.23. The fourth-order valence-electron chi connectivity index (χ4n) is 3.44. The Bertz CT molecular complexity index is 1080. The highest BCUT2D eigenvalue weighted by Gasteiger charge is 2.33. The van der Waals surface area contributed by atoms with Gasteiger partial charge >= 0.3 is 0 Å². The smallest absolute Gasteiger partial charge is 0.274 e. The molecule has 3 aromatic rings. The number of hydrogen-bond donors (Lipinski definition) is 1. The van der Waals surface area contributed by atoms with Gasteiger partial charge in [-0.15, -0.1) is 11.3 Å². The van der Waals surface area contributed by atoms with Crippen LogP contribution in [0.4, 0.5) is 10.3 Å². The summed E-state index contributed by atoms with van der Waals surface area (Å²) < 4.78 is 14.2. The van der Waals surface area contributed by atoms with Crippen LogP contribution in [0.1, 0.15) is 42.4 Å². The molecule has 0 spiro atoms. The first-order chi connectivity index (χ1) is 13.9. The maximum atomic E-state index is 13.5. The molecular formula is C20H20FN5O2S. The quantitative estimate of drug-likeness (QED) is 0.666. The Hall–Kier alpha value is -2.94. The average molecular weight is 413 g/mol. The van der Waals surface area contributed by atoms with E-state index in [4.69, 9.17) is 0 Å². The van der Waals surface area contributed by atoms with Crippen molar-refractivity contribution in [2.24, 2.45) is 5.92 Å². The molecule has 1 atom stereocenters. The number of rotatable bonds is 6. The molecule has 0 saturated carbocycles. The van der Waals surface area contributed by atoms with Crippen LogP contribution in [0.25, 0.3) is 10.2 Å². The van der Waals surface area contributed by atoms with Gasteiger partial charge in [-0.05, 0) is 36.9 Å². The van der Waals surface area contributed by atoms with E-state index in [2.05, 4.69) is 20.3 Å². The van der Waals surface area contributed by atoms with Crippen molar-refractivity contribution >= 4 is 39.2 Å². The number of Topliss-reactive ketones (excluding diaryl/α,β-unsaturated/α-hetero) is 1. The van der Waals surface area contributed by atoms with Gasteiger partial charge in [0.05, 0.1) is 22.5 Å². The molecule has 4 heterocycles. The van der Waals surface area contributed by atoms with Gasteiger partial charge in [-0.1, -0.05) is 0 Å². The van der Waals surface area contributed by atoms with Gasteiger partial charge in [-0.2, -0.15) is 0 Å². The van der Waals surface area contributed by atoms with E-state index in [1.165, 1.54) is 17.4 Å². The molecule has 1 aliphatic heterocycles. The molecule has 7 nitrogen and oxygen atoms in total. The van der Waals surface area contributed by atoms with Crippen LogP contribution in [-0.4, -0.2) is 44.6 Å². The number of aromatic nitrogens is 3. The van der Waals surface area contributed by atoms with Crippen LogP contribution in [0.15, 0.2) is 29.9 Å². The number of nitrogens with zero attached hydrogens (tertiary/aromatic N) is 4. The number of amides is 1. The molecule has 1 N–H and O–H groups in total. The number of carbonyl (C=O) groups is 2. The van der Waals surface area contributed by atoms with Crippen LogP contribution >= 0.6 is 11.3 Å². The number of pyridine rings is 1. The summed E-state index contributed by atoms with van der Waals surface area (Å²) in [6.45, 7) is 4.53. The van der Waals surface area contributed by atoms with Gasteiger partial charge in [-0.3, -0.25) is 9.78 Å². The second-order valence-electron chi connectivity index (χ2n) is 7.32. The van der Waals surface area contributed by atoms with Crippen LogP contribution in [-0.2, 0) is 4.79 Å². The molecule has 1 aliphatic rings. The maximum Gasteiger partial charge on any atom is 0.274 e. The van der Waals surface area contributed by atoms with E-state index in [1.807, 2.05) is 18.4 Å². The number of likely N-dealkylation sites (tertiary alicyclic amines) is 1. The topological polar surface area (TPSA) is 88.1 Å². The normalized spacial score (nSPS) is 15.2. The van der Waals surface area contributed by atoms with Gasteiger partial charge in [0.2, 0.25) is 5.95 Å². The number of ketones is 1. The Morgan fingerprint density at radius 1 is 1.34 bits per heavy atom. The zero-order valence-electron chi connectivity index (χ0n) is 16.1. The van der Waals surface area contributed by atoms with Gasteiger partial charge in [0, 0.05) is 31.6 Å². The highest BCUT2D eigenvalue weighted by molar-refractivity contribution is 7.17. The van der Waals surface area contributed by atoms with Crippen LogP contribution < -0.4 is 5.32 Å². The van der Waals surface area contributed by atoms with Crippen molar-refractivity contribution in [1.29, 1.82) is 0 Å². The van der Waals surface area contributed by atoms with Crippen LogP contribution in [0.2, 0.25) is 0 Å². The minimum absolute atomic E-state index is 0.136. The molecule has 29 heavy (non-hydrogen) atoms. The summed E-state index contributed by atoms with van der Waals surface area (Å²) in [6.07, 6.45) is 3.21. The lowest BCUT2D eigenvalue weighted by molar-refractivity contribution is -0.118. The largest absolute Gasteiger partial charge is 0.348 e. The van der Waals surface area contributed by atoms with Gasteiger partial charge < -0.3 is 15.0 Å². The Labute approximate surface area is 171 Å². The van der Waals surface area contributed by atoms with Gasteiger partial charge in [0.1, 0.15) is 11.6 Å². The summed E-state index contributed by atoms with van der Waals surface area (Å²) in [5.41, 5.74) is 1.68. The highest BCUT2D eigenvalue weighted by atomic mass is 32.1. The lowest BCUT2D eigenvalue weighted by Gasteiger charge is -2.38. The molecule has 1 saturated heterocycles. The minimum Gasteiger partial charge on any atom is -0.348 e. The first-order valence-electron chi connectivity index (χ1n) is 9.31. The third-order valence-electron chi connectivity index (χ3n) is 4.90. The molecule has 1 fully saturated rings. The summed E-state index contributed by atoms with van der Waals surface area (Å²) in [4.78, 5) is 38.8. The van der Waals surface area contributed by atoms with Gasteiger partial charge in [-0.25, -0.2) is 14.4 Å². The Morgan fingerprint density at radius 2 is 2.14 bits per heavy atom. The maximum absolute atomic E-state index is 13.5. The van der Waals surface area contributed by atoms with E-state index in [0.717, 1.165) is 10.9 Å².